The Hall–Kier alpha value is -0.580. The third kappa shape index (κ3) is 7.84. The van der Waals surface area contributed by atoms with Crippen LogP contribution in [0.2, 0.25) is 0 Å². The maximum absolute atomic E-state index is 11.6. The van der Waals surface area contributed by atoms with Gasteiger partial charge in [0.15, 0.2) is 9.84 Å². The van der Waals surface area contributed by atoms with Gasteiger partial charge in [-0.05, 0) is 19.3 Å². The minimum absolute atomic E-state index is 0.156. The van der Waals surface area contributed by atoms with Gasteiger partial charge in [0.1, 0.15) is 0 Å². The van der Waals surface area contributed by atoms with E-state index in [4.69, 9.17) is 4.74 Å². The standard InChI is InChI=1S/C16H30O4S/c1-2-3-4-5-6-7-8-9-10-12-15(17)20-16-13-11-14-21(16,18)19/h16H,2-14H2,1H3. The molecule has 1 rings (SSSR count). The van der Waals surface area contributed by atoms with E-state index in [2.05, 4.69) is 6.92 Å². The van der Waals surface area contributed by atoms with Gasteiger partial charge >= 0.3 is 5.97 Å². The Bertz CT molecular complexity index is 389. The van der Waals surface area contributed by atoms with Gasteiger partial charge in [-0.3, -0.25) is 4.79 Å². The van der Waals surface area contributed by atoms with Gasteiger partial charge in [0.2, 0.25) is 5.44 Å². The molecular formula is C16H30O4S. The van der Waals surface area contributed by atoms with Crippen molar-refractivity contribution in [1.82, 2.24) is 0 Å². The largest absolute Gasteiger partial charge is 0.446 e. The number of unbranched alkanes of at least 4 members (excludes halogenated alkanes) is 8. The van der Waals surface area contributed by atoms with Crippen molar-refractivity contribution in [2.75, 3.05) is 5.75 Å². The van der Waals surface area contributed by atoms with Crippen molar-refractivity contribution >= 4 is 15.8 Å². The molecule has 0 spiro atoms. The zero-order chi connectivity index (χ0) is 15.6. The summed E-state index contributed by atoms with van der Waals surface area (Å²) in [5.41, 5.74) is -0.872. The van der Waals surface area contributed by atoms with Crippen molar-refractivity contribution in [3.05, 3.63) is 0 Å². The fraction of sp³-hybridized carbons (Fsp3) is 0.938. The molecule has 1 aliphatic rings. The molecule has 0 saturated carbocycles. The first-order valence-electron chi connectivity index (χ1n) is 8.47. The van der Waals surface area contributed by atoms with E-state index in [0.717, 1.165) is 19.3 Å². The minimum Gasteiger partial charge on any atom is -0.446 e. The molecule has 0 aromatic heterocycles. The lowest BCUT2D eigenvalue weighted by atomic mass is 10.1. The van der Waals surface area contributed by atoms with Gasteiger partial charge in [-0.25, -0.2) is 8.42 Å². The summed E-state index contributed by atoms with van der Waals surface area (Å²) < 4.78 is 28.2. The number of rotatable bonds is 11. The predicted molar refractivity (Wildman–Crippen MR) is 84.7 cm³/mol. The van der Waals surface area contributed by atoms with Crippen LogP contribution in [-0.2, 0) is 19.4 Å². The van der Waals surface area contributed by atoms with Crippen LogP contribution in [0.3, 0.4) is 0 Å². The van der Waals surface area contributed by atoms with Gasteiger partial charge in [0.25, 0.3) is 0 Å². The Kier molecular flexibility index (Phi) is 8.97. The third-order valence-electron chi connectivity index (χ3n) is 4.02. The summed E-state index contributed by atoms with van der Waals surface area (Å²) in [6, 6.07) is 0. The molecule has 1 atom stereocenters. The second-order valence-corrected chi connectivity index (χ2v) is 8.27. The molecule has 1 fully saturated rings. The number of esters is 1. The van der Waals surface area contributed by atoms with E-state index >= 15 is 0 Å². The van der Waals surface area contributed by atoms with E-state index in [1.807, 2.05) is 0 Å². The quantitative estimate of drug-likeness (QED) is 0.427. The fourth-order valence-corrected chi connectivity index (χ4v) is 4.29. The average molecular weight is 318 g/mol. The minimum atomic E-state index is -3.18. The van der Waals surface area contributed by atoms with Crippen LogP contribution in [0.5, 0.6) is 0 Å². The molecule has 5 heteroatoms. The van der Waals surface area contributed by atoms with E-state index in [0.29, 0.717) is 19.3 Å². The Labute approximate surface area is 129 Å². The second kappa shape index (κ2) is 10.2. The summed E-state index contributed by atoms with van der Waals surface area (Å²) in [6.45, 7) is 2.22. The Morgan fingerprint density at radius 1 is 1.00 bits per heavy atom. The molecule has 1 saturated heterocycles. The smallest absolute Gasteiger partial charge is 0.307 e. The maximum Gasteiger partial charge on any atom is 0.307 e. The van der Waals surface area contributed by atoms with Gasteiger partial charge in [0.05, 0.1) is 5.75 Å². The fourth-order valence-electron chi connectivity index (χ4n) is 2.68. The summed E-state index contributed by atoms with van der Waals surface area (Å²) in [6.07, 6.45) is 12.2. The highest BCUT2D eigenvalue weighted by atomic mass is 32.2. The highest BCUT2D eigenvalue weighted by Crippen LogP contribution is 2.21. The van der Waals surface area contributed by atoms with Gasteiger partial charge in [-0.2, -0.15) is 0 Å². The summed E-state index contributed by atoms with van der Waals surface area (Å²) in [4.78, 5) is 11.6. The summed E-state index contributed by atoms with van der Waals surface area (Å²) in [5.74, 6) is -0.198. The molecule has 1 unspecified atom stereocenters. The molecule has 1 aliphatic heterocycles. The zero-order valence-corrected chi connectivity index (χ0v) is 14.1. The maximum atomic E-state index is 11.6. The van der Waals surface area contributed by atoms with E-state index < -0.39 is 15.3 Å². The predicted octanol–water partition coefficient (Wildman–Crippen LogP) is 3.99. The molecule has 0 aromatic rings. The van der Waals surface area contributed by atoms with Gasteiger partial charge in [0, 0.05) is 6.42 Å². The Morgan fingerprint density at radius 2 is 1.57 bits per heavy atom. The molecular weight excluding hydrogens is 288 g/mol. The number of ether oxygens (including phenoxy) is 1. The van der Waals surface area contributed by atoms with Crippen LogP contribution in [0.25, 0.3) is 0 Å². The zero-order valence-electron chi connectivity index (χ0n) is 13.3. The molecule has 1 heterocycles. The molecule has 0 aliphatic carbocycles. The monoisotopic (exact) mass is 318 g/mol. The molecule has 124 valence electrons. The summed E-state index contributed by atoms with van der Waals surface area (Å²) in [5, 5.41) is 0. The van der Waals surface area contributed by atoms with Crippen LogP contribution in [0.4, 0.5) is 0 Å². The van der Waals surface area contributed by atoms with Crippen LogP contribution in [-0.4, -0.2) is 25.6 Å². The lowest BCUT2D eigenvalue weighted by molar-refractivity contribution is -0.145. The highest BCUT2D eigenvalue weighted by molar-refractivity contribution is 7.92. The number of hydrogen-bond donors (Lipinski definition) is 0. The normalized spacial score (nSPS) is 20.5. The topological polar surface area (TPSA) is 60.4 Å². The van der Waals surface area contributed by atoms with Crippen molar-refractivity contribution in [1.29, 1.82) is 0 Å². The van der Waals surface area contributed by atoms with Gasteiger partial charge in [-0.1, -0.05) is 58.3 Å². The summed E-state index contributed by atoms with van der Waals surface area (Å²) in [7, 11) is -3.18. The van der Waals surface area contributed by atoms with E-state index in [9.17, 15) is 13.2 Å². The molecule has 0 N–H and O–H groups in total. The van der Waals surface area contributed by atoms with Crippen molar-refractivity contribution in [2.45, 2.75) is 89.4 Å². The molecule has 21 heavy (non-hydrogen) atoms. The first-order valence-corrected chi connectivity index (χ1v) is 10.2. The van der Waals surface area contributed by atoms with Gasteiger partial charge in [-0.15, -0.1) is 0 Å². The first kappa shape index (κ1) is 18.5. The molecule has 0 bridgehead atoms. The highest BCUT2D eigenvalue weighted by Gasteiger charge is 2.34. The average Bonchev–Trinajstić information content (AvgIpc) is 2.76. The van der Waals surface area contributed by atoms with E-state index in [1.165, 1.54) is 38.5 Å². The Balaban J connectivity index is 1.97. The van der Waals surface area contributed by atoms with Gasteiger partial charge < -0.3 is 4.74 Å². The molecule has 0 amide bonds. The molecule has 4 nitrogen and oxygen atoms in total. The summed E-state index contributed by atoms with van der Waals surface area (Å²) >= 11 is 0. The van der Waals surface area contributed by atoms with Crippen molar-refractivity contribution in [3.63, 3.8) is 0 Å². The second-order valence-electron chi connectivity index (χ2n) is 6.01. The van der Waals surface area contributed by atoms with Crippen LogP contribution >= 0.6 is 0 Å². The Morgan fingerprint density at radius 3 is 2.10 bits per heavy atom. The van der Waals surface area contributed by atoms with E-state index in [1.54, 1.807) is 0 Å². The number of sulfone groups is 1. The van der Waals surface area contributed by atoms with Crippen LogP contribution in [0, 0.1) is 0 Å². The lowest BCUT2D eigenvalue weighted by Gasteiger charge is -2.11. The van der Waals surface area contributed by atoms with Crippen molar-refractivity contribution in [2.24, 2.45) is 0 Å². The molecule has 0 aromatic carbocycles. The number of carbonyl (C=O) groups is 1. The SMILES string of the molecule is CCCCCCCCCCCC(=O)OC1CCCS1(=O)=O. The lowest BCUT2D eigenvalue weighted by Crippen LogP contribution is -2.23. The van der Waals surface area contributed by atoms with E-state index in [-0.39, 0.29) is 11.7 Å². The van der Waals surface area contributed by atoms with Crippen LogP contribution < -0.4 is 0 Å². The number of carbonyl (C=O) groups excluding carboxylic acids is 1. The molecule has 0 radical (unpaired) electrons. The van der Waals surface area contributed by atoms with Crippen LogP contribution in [0.15, 0.2) is 0 Å². The van der Waals surface area contributed by atoms with Crippen molar-refractivity contribution in [3.8, 4) is 0 Å². The first-order chi connectivity index (χ1) is 10.1. The van der Waals surface area contributed by atoms with Crippen LogP contribution in [0.1, 0.15) is 84.0 Å². The number of hydrogen-bond acceptors (Lipinski definition) is 4. The van der Waals surface area contributed by atoms with Crippen molar-refractivity contribution < 1.29 is 17.9 Å². The third-order valence-corrected chi connectivity index (χ3v) is 6.01.